The van der Waals surface area contributed by atoms with Crippen molar-refractivity contribution in [3.63, 3.8) is 0 Å². The van der Waals surface area contributed by atoms with Crippen molar-refractivity contribution in [1.82, 2.24) is 30.8 Å². The van der Waals surface area contributed by atoms with Crippen molar-refractivity contribution < 1.29 is 24.3 Å². The maximum atomic E-state index is 13.3. The van der Waals surface area contributed by atoms with Crippen LogP contribution in [0.1, 0.15) is 76.2 Å². The van der Waals surface area contributed by atoms with Gasteiger partial charge in [-0.25, -0.2) is 9.97 Å². The maximum Gasteiger partial charge on any atom is 0.243 e. The first-order valence-corrected chi connectivity index (χ1v) is 17.7. The molecule has 12 heteroatoms. The van der Waals surface area contributed by atoms with Gasteiger partial charge in [0.2, 0.25) is 23.7 Å². The van der Waals surface area contributed by atoms with Gasteiger partial charge < -0.3 is 30.8 Å². The third-order valence-corrected chi connectivity index (χ3v) is 9.40. The highest BCUT2D eigenvalue weighted by Gasteiger charge is 2.27. The highest BCUT2D eigenvalue weighted by Crippen LogP contribution is 2.28. The zero-order valence-corrected chi connectivity index (χ0v) is 28.1. The van der Waals surface area contributed by atoms with Crippen LogP contribution in [-0.4, -0.2) is 101 Å². The van der Waals surface area contributed by atoms with Crippen molar-refractivity contribution in [3.05, 3.63) is 54.4 Å². The average molecular weight is 664 g/mol. The molecule has 4 rings (SSSR count). The third kappa shape index (κ3) is 13.0. The fourth-order valence-electron chi connectivity index (χ4n) is 6.65. The molecule has 0 bridgehead atoms. The summed E-state index contributed by atoms with van der Waals surface area (Å²) in [6.45, 7) is 4.37. The van der Waals surface area contributed by atoms with Crippen LogP contribution in [0.4, 0.5) is 5.95 Å². The number of aromatic nitrogens is 2. The molecule has 0 spiro atoms. The highest BCUT2D eigenvalue weighted by atomic mass is 16.3. The van der Waals surface area contributed by atoms with Crippen LogP contribution in [-0.2, 0) is 25.6 Å². The first-order chi connectivity index (χ1) is 23.4. The van der Waals surface area contributed by atoms with Crippen molar-refractivity contribution in [1.29, 1.82) is 0 Å². The van der Waals surface area contributed by atoms with E-state index in [9.17, 15) is 24.3 Å². The average Bonchev–Trinajstić information content (AvgIpc) is 3.11. The van der Waals surface area contributed by atoms with Gasteiger partial charge in [0, 0.05) is 57.8 Å². The van der Waals surface area contributed by atoms with Crippen LogP contribution in [0.25, 0.3) is 0 Å². The number of aldehydes is 1. The summed E-state index contributed by atoms with van der Waals surface area (Å²) in [6.07, 6.45) is 12.5. The van der Waals surface area contributed by atoms with Gasteiger partial charge in [-0.3, -0.25) is 19.3 Å². The Hall–Kier alpha value is -3.90. The lowest BCUT2D eigenvalue weighted by Gasteiger charge is -2.34. The van der Waals surface area contributed by atoms with E-state index in [1.807, 2.05) is 36.4 Å². The number of anilines is 1. The second kappa shape index (κ2) is 20.5. The lowest BCUT2D eigenvalue weighted by Crippen LogP contribution is -2.52. The number of carbonyl (C=O) groups excluding carboxylic acids is 4. The number of hydrogen-bond donors (Lipinski definition) is 4. The quantitative estimate of drug-likeness (QED) is 0.131. The summed E-state index contributed by atoms with van der Waals surface area (Å²) in [4.78, 5) is 63.5. The lowest BCUT2D eigenvalue weighted by molar-refractivity contribution is -0.130. The van der Waals surface area contributed by atoms with Gasteiger partial charge in [0.05, 0.1) is 18.7 Å². The number of aliphatic hydroxyl groups excluding tert-OH is 1. The summed E-state index contributed by atoms with van der Waals surface area (Å²) in [5.41, 5.74) is 0.894. The van der Waals surface area contributed by atoms with Crippen molar-refractivity contribution in [2.45, 2.75) is 95.2 Å². The Balaban J connectivity index is 1.19. The third-order valence-electron chi connectivity index (χ3n) is 9.40. The second-order valence-corrected chi connectivity index (χ2v) is 13.1. The van der Waals surface area contributed by atoms with Crippen LogP contribution >= 0.6 is 0 Å². The summed E-state index contributed by atoms with van der Waals surface area (Å²) in [5, 5.41) is 19.0. The van der Waals surface area contributed by atoms with E-state index in [0.29, 0.717) is 31.5 Å². The maximum absolute atomic E-state index is 13.3. The SMILES string of the molecule is O=CC[C@H](O)[C@H](CC1CCCCC1)NC(=O)CNC(=O)[C@H](Cc1ccccc1)NC(=O)CCCCCN1CCN(c2ncccn2)CC1. The van der Waals surface area contributed by atoms with Crippen LogP contribution in [0.5, 0.6) is 0 Å². The molecule has 3 atom stereocenters. The van der Waals surface area contributed by atoms with E-state index >= 15 is 0 Å². The van der Waals surface area contributed by atoms with Gasteiger partial charge >= 0.3 is 0 Å². The summed E-state index contributed by atoms with van der Waals surface area (Å²) in [5.74, 6) is 0.0802. The molecule has 4 N–H and O–H groups in total. The predicted molar refractivity (Wildman–Crippen MR) is 184 cm³/mol. The van der Waals surface area contributed by atoms with E-state index < -0.39 is 30.0 Å². The molecular weight excluding hydrogens is 610 g/mol. The van der Waals surface area contributed by atoms with E-state index in [0.717, 1.165) is 89.2 Å². The summed E-state index contributed by atoms with van der Waals surface area (Å²) in [7, 11) is 0. The Bertz CT molecular complexity index is 1250. The molecule has 1 aromatic heterocycles. The number of piperazine rings is 1. The van der Waals surface area contributed by atoms with E-state index in [-0.39, 0.29) is 18.9 Å². The van der Waals surface area contributed by atoms with Gasteiger partial charge in [-0.05, 0) is 43.4 Å². The number of hydrogen-bond acceptors (Lipinski definition) is 9. The lowest BCUT2D eigenvalue weighted by atomic mass is 9.83. The number of nitrogens with one attached hydrogen (secondary N) is 3. The Labute approximate surface area is 284 Å². The Morgan fingerprint density at radius 3 is 2.33 bits per heavy atom. The monoisotopic (exact) mass is 663 g/mol. The van der Waals surface area contributed by atoms with Crippen LogP contribution in [0.3, 0.4) is 0 Å². The molecule has 1 aromatic carbocycles. The normalized spacial score (nSPS) is 17.6. The largest absolute Gasteiger partial charge is 0.391 e. The molecule has 12 nitrogen and oxygen atoms in total. The molecule has 1 saturated heterocycles. The fourth-order valence-corrected chi connectivity index (χ4v) is 6.65. The number of carbonyl (C=O) groups is 4. The van der Waals surface area contributed by atoms with E-state index in [4.69, 9.17) is 0 Å². The van der Waals surface area contributed by atoms with Crippen LogP contribution in [0.2, 0.25) is 0 Å². The number of nitrogens with zero attached hydrogens (tertiary/aromatic N) is 4. The zero-order chi connectivity index (χ0) is 34.0. The summed E-state index contributed by atoms with van der Waals surface area (Å²) in [6, 6.07) is 9.87. The molecule has 3 amide bonds. The van der Waals surface area contributed by atoms with E-state index in [1.165, 1.54) is 6.42 Å². The van der Waals surface area contributed by atoms with Gasteiger partial charge in [-0.2, -0.15) is 0 Å². The number of aliphatic hydroxyl groups is 1. The molecule has 2 aliphatic rings. The first kappa shape index (κ1) is 36.9. The molecular formula is C36H53N7O5. The molecule has 262 valence electrons. The Kier molecular flexibility index (Phi) is 15.7. The van der Waals surface area contributed by atoms with Crippen molar-refractivity contribution in [2.24, 2.45) is 5.92 Å². The number of unbranched alkanes of at least 4 members (excludes halogenated alkanes) is 2. The van der Waals surface area contributed by atoms with Gasteiger partial charge in [-0.1, -0.05) is 68.9 Å². The number of benzene rings is 1. The highest BCUT2D eigenvalue weighted by molar-refractivity contribution is 5.90. The Morgan fingerprint density at radius 1 is 0.896 bits per heavy atom. The second-order valence-electron chi connectivity index (χ2n) is 13.1. The van der Waals surface area contributed by atoms with Gasteiger partial charge in [0.25, 0.3) is 0 Å². The Morgan fingerprint density at radius 2 is 1.62 bits per heavy atom. The van der Waals surface area contributed by atoms with Crippen LogP contribution < -0.4 is 20.9 Å². The molecule has 2 aromatic rings. The topological polar surface area (TPSA) is 157 Å². The smallest absolute Gasteiger partial charge is 0.243 e. The minimum atomic E-state index is -0.978. The molecule has 1 saturated carbocycles. The molecule has 2 heterocycles. The molecule has 0 unspecified atom stereocenters. The first-order valence-electron chi connectivity index (χ1n) is 17.7. The van der Waals surface area contributed by atoms with E-state index in [2.05, 4.69) is 35.7 Å². The van der Waals surface area contributed by atoms with Gasteiger partial charge in [0.1, 0.15) is 12.3 Å². The summed E-state index contributed by atoms with van der Waals surface area (Å²) < 4.78 is 0. The number of rotatable bonds is 19. The van der Waals surface area contributed by atoms with Crippen LogP contribution in [0.15, 0.2) is 48.8 Å². The summed E-state index contributed by atoms with van der Waals surface area (Å²) >= 11 is 0. The predicted octanol–water partition coefficient (Wildman–Crippen LogP) is 2.41. The van der Waals surface area contributed by atoms with Crippen molar-refractivity contribution in [3.8, 4) is 0 Å². The zero-order valence-electron chi connectivity index (χ0n) is 28.1. The minimum Gasteiger partial charge on any atom is -0.391 e. The van der Waals surface area contributed by atoms with Crippen molar-refractivity contribution in [2.75, 3.05) is 44.2 Å². The molecule has 0 radical (unpaired) electrons. The minimum absolute atomic E-state index is 0.0587. The molecule has 1 aliphatic heterocycles. The van der Waals surface area contributed by atoms with Crippen LogP contribution in [0, 0.1) is 5.92 Å². The molecule has 1 aliphatic carbocycles. The van der Waals surface area contributed by atoms with E-state index in [1.54, 1.807) is 12.4 Å². The number of amides is 3. The van der Waals surface area contributed by atoms with Crippen molar-refractivity contribution >= 4 is 30.0 Å². The molecule has 48 heavy (non-hydrogen) atoms. The van der Waals surface area contributed by atoms with Gasteiger partial charge in [-0.15, -0.1) is 0 Å². The van der Waals surface area contributed by atoms with Gasteiger partial charge in [0.15, 0.2) is 0 Å². The standard InChI is InChI=1S/C36H53N7O5/c44-24-16-32(45)30(25-28-11-4-1-5-12-28)40-34(47)27-39-35(48)31(26-29-13-6-2-7-14-29)41-33(46)15-8-3-9-19-42-20-22-43(23-21-42)36-37-17-10-18-38-36/h2,6-7,10,13-14,17-18,24,28,30-32,45H,1,3-5,8-9,11-12,15-16,19-23,25-27H2,(H,39,48)(H,40,47)(H,41,46)/t30-,31-,32-/m0/s1. The fraction of sp³-hybridized carbons (Fsp3) is 0.611. The molecule has 2 fully saturated rings.